The maximum Gasteiger partial charge on any atom is 0.227 e. The van der Waals surface area contributed by atoms with E-state index in [1.165, 1.54) is 0 Å². The van der Waals surface area contributed by atoms with E-state index in [1.807, 2.05) is 19.1 Å². The molecule has 90 valence electrons. The van der Waals surface area contributed by atoms with E-state index in [9.17, 15) is 0 Å². The molecule has 2 aromatic rings. The van der Waals surface area contributed by atoms with Crippen molar-refractivity contribution in [3.8, 4) is 11.5 Å². The first-order valence-corrected chi connectivity index (χ1v) is 5.66. The second-order valence-electron chi connectivity index (χ2n) is 3.86. The van der Waals surface area contributed by atoms with Gasteiger partial charge in [-0.15, -0.1) is 0 Å². The predicted molar refractivity (Wildman–Crippen MR) is 62.3 cm³/mol. The Labute approximate surface area is 99.5 Å². The molecule has 2 heterocycles. The van der Waals surface area contributed by atoms with Crippen LogP contribution in [0.25, 0.3) is 11.5 Å². The topological polar surface area (TPSA) is 72.0 Å². The lowest BCUT2D eigenvalue weighted by molar-refractivity contribution is 0.281. The van der Waals surface area contributed by atoms with Crippen molar-refractivity contribution in [2.45, 2.75) is 26.2 Å². The maximum absolute atomic E-state index is 8.69. The average Bonchev–Trinajstić information content (AvgIpc) is 2.79. The van der Waals surface area contributed by atoms with Crippen LogP contribution in [0, 0.1) is 6.92 Å². The van der Waals surface area contributed by atoms with E-state index in [-0.39, 0.29) is 6.61 Å². The first kappa shape index (κ1) is 11.7. The lowest BCUT2D eigenvalue weighted by atomic mass is 10.2. The van der Waals surface area contributed by atoms with Crippen LogP contribution in [0.5, 0.6) is 0 Å². The third-order valence-electron chi connectivity index (χ3n) is 2.49. The first-order valence-electron chi connectivity index (χ1n) is 5.66. The molecule has 5 nitrogen and oxygen atoms in total. The molecule has 1 N–H and O–H groups in total. The van der Waals surface area contributed by atoms with Crippen LogP contribution in [0.1, 0.15) is 24.3 Å². The molecule has 2 aromatic heterocycles. The maximum atomic E-state index is 8.69. The summed E-state index contributed by atoms with van der Waals surface area (Å²) in [5.41, 5.74) is 1.78. The van der Waals surface area contributed by atoms with Crippen LogP contribution >= 0.6 is 0 Å². The van der Waals surface area contributed by atoms with Gasteiger partial charge < -0.3 is 9.63 Å². The third kappa shape index (κ3) is 2.88. The summed E-state index contributed by atoms with van der Waals surface area (Å²) in [6.45, 7) is 2.16. The summed E-state index contributed by atoms with van der Waals surface area (Å²) in [4.78, 5) is 8.52. The molecule has 17 heavy (non-hydrogen) atoms. The second-order valence-corrected chi connectivity index (χ2v) is 3.86. The standard InChI is InChI=1S/C12H15N3O2/c1-9-5-4-7-13-11(9)12-14-10(17-15-12)6-2-3-8-16/h4-5,7,16H,2-3,6,8H2,1H3. The van der Waals surface area contributed by atoms with E-state index in [0.717, 1.165) is 24.1 Å². The molecule has 0 spiro atoms. The van der Waals surface area contributed by atoms with Crippen molar-refractivity contribution in [2.75, 3.05) is 6.61 Å². The van der Waals surface area contributed by atoms with Crippen LogP contribution < -0.4 is 0 Å². The van der Waals surface area contributed by atoms with Gasteiger partial charge in [0, 0.05) is 19.2 Å². The Hall–Kier alpha value is -1.75. The quantitative estimate of drug-likeness (QED) is 0.796. The fraction of sp³-hybridized carbons (Fsp3) is 0.417. The van der Waals surface area contributed by atoms with Gasteiger partial charge in [-0.2, -0.15) is 4.98 Å². The van der Waals surface area contributed by atoms with Crippen molar-refractivity contribution < 1.29 is 9.63 Å². The van der Waals surface area contributed by atoms with Gasteiger partial charge in [0.05, 0.1) is 0 Å². The highest BCUT2D eigenvalue weighted by atomic mass is 16.5. The van der Waals surface area contributed by atoms with Gasteiger partial charge in [0.2, 0.25) is 11.7 Å². The van der Waals surface area contributed by atoms with Gasteiger partial charge in [-0.1, -0.05) is 11.2 Å². The summed E-state index contributed by atoms with van der Waals surface area (Å²) >= 11 is 0. The monoisotopic (exact) mass is 233 g/mol. The number of rotatable bonds is 5. The minimum Gasteiger partial charge on any atom is -0.396 e. The van der Waals surface area contributed by atoms with Gasteiger partial charge in [0.1, 0.15) is 5.69 Å². The molecule has 0 saturated carbocycles. The molecule has 0 saturated heterocycles. The number of hydrogen-bond acceptors (Lipinski definition) is 5. The summed E-state index contributed by atoms with van der Waals surface area (Å²) in [6, 6.07) is 3.84. The minimum absolute atomic E-state index is 0.195. The molecular formula is C12H15N3O2. The van der Waals surface area contributed by atoms with Crippen LogP contribution in [0.2, 0.25) is 0 Å². The van der Waals surface area contributed by atoms with Crippen molar-refractivity contribution in [1.82, 2.24) is 15.1 Å². The SMILES string of the molecule is Cc1cccnc1-c1noc(CCCCO)n1. The van der Waals surface area contributed by atoms with Gasteiger partial charge in [-0.05, 0) is 31.4 Å². The molecule has 0 radical (unpaired) electrons. The van der Waals surface area contributed by atoms with Crippen LogP contribution in [0.4, 0.5) is 0 Å². The van der Waals surface area contributed by atoms with E-state index >= 15 is 0 Å². The molecule has 2 rings (SSSR count). The van der Waals surface area contributed by atoms with E-state index < -0.39 is 0 Å². The Kier molecular flexibility index (Phi) is 3.82. The molecule has 0 unspecified atom stereocenters. The van der Waals surface area contributed by atoms with E-state index in [4.69, 9.17) is 9.63 Å². The zero-order valence-corrected chi connectivity index (χ0v) is 9.76. The minimum atomic E-state index is 0.195. The lowest BCUT2D eigenvalue weighted by Gasteiger charge is -1.96. The van der Waals surface area contributed by atoms with E-state index in [0.29, 0.717) is 18.1 Å². The summed E-state index contributed by atoms with van der Waals surface area (Å²) in [6.07, 6.45) is 4.00. The molecule has 0 aromatic carbocycles. The Bertz CT molecular complexity index is 482. The molecule has 0 bridgehead atoms. The van der Waals surface area contributed by atoms with Crippen molar-refractivity contribution in [2.24, 2.45) is 0 Å². The second kappa shape index (κ2) is 5.54. The number of pyridine rings is 1. The van der Waals surface area contributed by atoms with Crippen LogP contribution in [-0.4, -0.2) is 26.8 Å². The van der Waals surface area contributed by atoms with Gasteiger partial charge >= 0.3 is 0 Å². The van der Waals surface area contributed by atoms with Gasteiger partial charge in [0.15, 0.2) is 0 Å². The zero-order valence-electron chi connectivity index (χ0n) is 9.76. The van der Waals surface area contributed by atoms with Crippen LogP contribution in [0.3, 0.4) is 0 Å². The molecule has 0 atom stereocenters. The Morgan fingerprint density at radius 2 is 2.24 bits per heavy atom. The summed E-state index contributed by atoms with van der Waals surface area (Å²) in [5.74, 6) is 1.13. The third-order valence-corrected chi connectivity index (χ3v) is 2.49. The smallest absolute Gasteiger partial charge is 0.227 e. The van der Waals surface area contributed by atoms with Crippen molar-refractivity contribution >= 4 is 0 Å². The number of hydrogen-bond donors (Lipinski definition) is 1. The van der Waals surface area contributed by atoms with Crippen molar-refractivity contribution in [1.29, 1.82) is 0 Å². The highest BCUT2D eigenvalue weighted by Crippen LogP contribution is 2.17. The number of nitrogens with zero attached hydrogens (tertiary/aromatic N) is 3. The largest absolute Gasteiger partial charge is 0.396 e. The molecule has 0 aliphatic heterocycles. The van der Waals surface area contributed by atoms with Crippen LogP contribution in [0.15, 0.2) is 22.9 Å². The molecule has 5 heteroatoms. The highest BCUT2D eigenvalue weighted by Gasteiger charge is 2.11. The lowest BCUT2D eigenvalue weighted by Crippen LogP contribution is -1.91. The van der Waals surface area contributed by atoms with Crippen molar-refractivity contribution in [3.05, 3.63) is 29.8 Å². The highest BCUT2D eigenvalue weighted by molar-refractivity contribution is 5.52. The normalized spacial score (nSPS) is 10.7. The number of unbranched alkanes of at least 4 members (excludes halogenated alkanes) is 1. The Morgan fingerprint density at radius 3 is 3.00 bits per heavy atom. The molecule has 0 aliphatic carbocycles. The summed E-state index contributed by atoms with van der Waals surface area (Å²) in [5, 5.41) is 12.6. The molecule has 0 aliphatic rings. The fourth-order valence-corrected chi connectivity index (χ4v) is 1.56. The van der Waals surface area contributed by atoms with Gasteiger partial charge in [-0.3, -0.25) is 4.98 Å². The number of aliphatic hydroxyl groups excluding tert-OH is 1. The fourth-order valence-electron chi connectivity index (χ4n) is 1.56. The Morgan fingerprint density at radius 1 is 1.35 bits per heavy atom. The van der Waals surface area contributed by atoms with Gasteiger partial charge in [-0.25, -0.2) is 0 Å². The first-order chi connectivity index (χ1) is 8.31. The molecular weight excluding hydrogens is 218 g/mol. The summed E-state index contributed by atoms with van der Waals surface area (Å²) < 4.78 is 5.14. The number of aromatic nitrogens is 3. The molecule has 0 fully saturated rings. The average molecular weight is 233 g/mol. The molecule has 0 amide bonds. The van der Waals surface area contributed by atoms with Crippen molar-refractivity contribution in [3.63, 3.8) is 0 Å². The summed E-state index contributed by atoms with van der Waals surface area (Å²) in [7, 11) is 0. The predicted octanol–water partition coefficient (Wildman–Crippen LogP) is 1.76. The number of aliphatic hydroxyl groups is 1. The van der Waals surface area contributed by atoms with Gasteiger partial charge in [0.25, 0.3) is 0 Å². The van der Waals surface area contributed by atoms with E-state index in [2.05, 4.69) is 15.1 Å². The number of aryl methyl sites for hydroxylation is 2. The Balaban J connectivity index is 2.10. The zero-order chi connectivity index (χ0) is 12.1. The van der Waals surface area contributed by atoms with Crippen LogP contribution in [-0.2, 0) is 6.42 Å². The van der Waals surface area contributed by atoms with E-state index in [1.54, 1.807) is 6.20 Å².